The second-order valence-corrected chi connectivity index (χ2v) is 8.04. The van der Waals surface area contributed by atoms with E-state index in [1.165, 1.54) is 0 Å². The number of benzene rings is 1. The Morgan fingerprint density at radius 2 is 1.86 bits per heavy atom. The number of rotatable bonds is 6. The molecule has 2 aliphatic rings. The van der Waals surface area contributed by atoms with Crippen LogP contribution in [0.25, 0.3) is 0 Å². The third-order valence-corrected chi connectivity index (χ3v) is 6.37. The predicted octanol–water partition coefficient (Wildman–Crippen LogP) is 2.04. The van der Waals surface area contributed by atoms with Crippen molar-refractivity contribution in [3.63, 3.8) is 0 Å². The number of amides is 2. The Bertz CT molecular complexity index is 650. The summed E-state index contributed by atoms with van der Waals surface area (Å²) in [6.45, 7) is 4.97. The first-order valence-corrected chi connectivity index (χ1v) is 10.5. The van der Waals surface area contributed by atoms with Crippen LogP contribution in [-0.4, -0.2) is 55.6 Å². The van der Waals surface area contributed by atoms with Gasteiger partial charge in [0.15, 0.2) is 0 Å². The number of hydrogen-bond acceptors (Lipinski definition) is 4. The predicted molar refractivity (Wildman–Crippen MR) is 109 cm³/mol. The molecule has 1 aromatic carbocycles. The fraction of sp³-hybridized carbons (Fsp3) is 0.636. The van der Waals surface area contributed by atoms with Crippen LogP contribution < -0.4 is 11.1 Å². The van der Waals surface area contributed by atoms with Crippen molar-refractivity contribution in [3.05, 3.63) is 35.9 Å². The van der Waals surface area contributed by atoms with E-state index in [1.54, 1.807) is 0 Å². The van der Waals surface area contributed by atoms with Crippen LogP contribution in [0.1, 0.15) is 50.5 Å². The molecule has 2 saturated heterocycles. The van der Waals surface area contributed by atoms with Gasteiger partial charge in [0.1, 0.15) is 0 Å². The number of ether oxygens (including phenoxy) is 1. The first-order valence-electron chi connectivity index (χ1n) is 10.5. The number of piperidine rings is 1. The van der Waals surface area contributed by atoms with Crippen molar-refractivity contribution in [3.8, 4) is 0 Å². The van der Waals surface area contributed by atoms with Gasteiger partial charge in [-0.05, 0) is 37.7 Å². The van der Waals surface area contributed by atoms with Gasteiger partial charge in [-0.1, -0.05) is 37.3 Å². The van der Waals surface area contributed by atoms with Gasteiger partial charge >= 0.3 is 0 Å². The van der Waals surface area contributed by atoms with Crippen molar-refractivity contribution in [1.82, 2.24) is 10.2 Å². The number of nitrogens with two attached hydrogens (primary N) is 1. The Labute approximate surface area is 167 Å². The zero-order valence-corrected chi connectivity index (χ0v) is 16.9. The first kappa shape index (κ1) is 20.8. The van der Waals surface area contributed by atoms with Gasteiger partial charge in [0.2, 0.25) is 11.8 Å². The highest BCUT2D eigenvalue weighted by molar-refractivity contribution is 5.84. The van der Waals surface area contributed by atoms with E-state index < -0.39 is 5.41 Å². The first-order chi connectivity index (χ1) is 13.6. The maximum Gasteiger partial charge on any atom is 0.230 e. The van der Waals surface area contributed by atoms with Crippen molar-refractivity contribution in [2.75, 3.05) is 32.8 Å². The zero-order valence-electron chi connectivity index (χ0n) is 16.9. The van der Waals surface area contributed by atoms with Gasteiger partial charge in [-0.3, -0.25) is 9.59 Å². The van der Waals surface area contributed by atoms with Gasteiger partial charge in [0.25, 0.3) is 0 Å². The molecule has 2 aliphatic heterocycles. The molecule has 6 nitrogen and oxygen atoms in total. The van der Waals surface area contributed by atoms with Gasteiger partial charge in [-0.15, -0.1) is 0 Å². The number of carbonyl (C=O) groups excluding carboxylic acids is 2. The molecule has 0 bridgehead atoms. The van der Waals surface area contributed by atoms with Crippen molar-refractivity contribution in [2.45, 2.75) is 51.0 Å². The molecule has 154 valence electrons. The minimum absolute atomic E-state index is 0.0544. The minimum atomic E-state index is -0.494. The quantitative estimate of drug-likeness (QED) is 0.782. The topological polar surface area (TPSA) is 84.7 Å². The van der Waals surface area contributed by atoms with E-state index >= 15 is 0 Å². The summed E-state index contributed by atoms with van der Waals surface area (Å²) in [6, 6.07) is 10.1. The van der Waals surface area contributed by atoms with Crippen LogP contribution in [-0.2, 0) is 14.3 Å². The van der Waals surface area contributed by atoms with Crippen molar-refractivity contribution >= 4 is 11.8 Å². The van der Waals surface area contributed by atoms with Crippen LogP contribution in [0.3, 0.4) is 0 Å². The Balaban J connectivity index is 1.54. The maximum atomic E-state index is 13.0. The molecular weight excluding hydrogens is 354 g/mol. The third-order valence-electron chi connectivity index (χ3n) is 6.37. The number of nitrogens with one attached hydrogen (secondary N) is 1. The van der Waals surface area contributed by atoms with E-state index in [-0.39, 0.29) is 23.8 Å². The summed E-state index contributed by atoms with van der Waals surface area (Å²) in [5, 5.41) is 3.20. The zero-order chi connectivity index (χ0) is 20.0. The summed E-state index contributed by atoms with van der Waals surface area (Å²) in [4.78, 5) is 27.8. The lowest BCUT2D eigenvalue weighted by molar-refractivity contribution is -0.137. The second-order valence-electron chi connectivity index (χ2n) is 8.04. The van der Waals surface area contributed by atoms with Gasteiger partial charge < -0.3 is 20.7 Å². The molecule has 0 saturated carbocycles. The largest absolute Gasteiger partial charge is 0.381 e. The van der Waals surface area contributed by atoms with E-state index in [0.717, 1.165) is 24.8 Å². The Kier molecular flexibility index (Phi) is 7.08. The second kappa shape index (κ2) is 9.52. The molecule has 0 spiro atoms. The molecule has 3 rings (SSSR count). The summed E-state index contributed by atoms with van der Waals surface area (Å²) in [6.07, 6.45) is 3.74. The summed E-state index contributed by atoms with van der Waals surface area (Å²) in [5.74, 6) is 0.162. The summed E-state index contributed by atoms with van der Waals surface area (Å²) < 4.78 is 5.40. The van der Waals surface area contributed by atoms with Crippen molar-refractivity contribution in [1.29, 1.82) is 0 Å². The lowest BCUT2D eigenvalue weighted by atomic mass is 9.79. The van der Waals surface area contributed by atoms with Crippen LogP contribution in [0.5, 0.6) is 0 Å². The number of nitrogens with zero attached hydrogens (tertiary/aromatic N) is 1. The number of likely N-dealkylation sites (tertiary alicyclic amines) is 1. The SMILES string of the molecule is CCC(C(=O)N1CCC(NC(=O)C2(CN)CCOCC2)CC1)c1ccccc1. The highest BCUT2D eigenvalue weighted by Gasteiger charge is 2.40. The highest BCUT2D eigenvalue weighted by atomic mass is 16.5. The lowest BCUT2D eigenvalue weighted by Crippen LogP contribution is -2.54. The maximum absolute atomic E-state index is 13.0. The van der Waals surface area contributed by atoms with Crippen LogP contribution in [0.4, 0.5) is 0 Å². The molecule has 1 atom stereocenters. The summed E-state index contributed by atoms with van der Waals surface area (Å²) in [5.41, 5.74) is 6.52. The number of hydrogen-bond donors (Lipinski definition) is 2. The molecule has 3 N–H and O–H groups in total. The monoisotopic (exact) mass is 387 g/mol. The van der Waals surface area contributed by atoms with Crippen LogP contribution >= 0.6 is 0 Å². The fourth-order valence-corrected chi connectivity index (χ4v) is 4.33. The van der Waals surface area contributed by atoms with Gasteiger partial charge in [-0.2, -0.15) is 0 Å². The van der Waals surface area contributed by atoms with Crippen LogP contribution in [0.15, 0.2) is 30.3 Å². The van der Waals surface area contributed by atoms with Crippen molar-refractivity contribution in [2.24, 2.45) is 11.1 Å². The van der Waals surface area contributed by atoms with Gasteiger partial charge in [0, 0.05) is 38.9 Å². The third kappa shape index (κ3) is 4.55. The summed E-state index contributed by atoms with van der Waals surface area (Å²) in [7, 11) is 0. The molecule has 1 unspecified atom stereocenters. The molecule has 2 fully saturated rings. The van der Waals surface area contributed by atoms with E-state index in [2.05, 4.69) is 12.2 Å². The minimum Gasteiger partial charge on any atom is -0.381 e. The van der Waals surface area contributed by atoms with Crippen LogP contribution in [0.2, 0.25) is 0 Å². The Hall–Kier alpha value is -1.92. The standard InChI is InChI=1S/C22H33N3O3/c1-2-19(17-6-4-3-5-7-17)20(26)25-12-8-18(9-13-25)24-21(27)22(16-23)10-14-28-15-11-22/h3-7,18-19H,2,8-16,23H2,1H3,(H,24,27). The molecule has 1 aromatic rings. The fourth-order valence-electron chi connectivity index (χ4n) is 4.33. The Morgan fingerprint density at radius 3 is 2.43 bits per heavy atom. The Morgan fingerprint density at radius 1 is 1.21 bits per heavy atom. The molecule has 0 aliphatic carbocycles. The van der Waals surface area contributed by atoms with E-state index in [1.807, 2.05) is 35.2 Å². The smallest absolute Gasteiger partial charge is 0.230 e. The van der Waals surface area contributed by atoms with Gasteiger partial charge in [0.05, 0.1) is 11.3 Å². The molecule has 0 radical (unpaired) electrons. The van der Waals surface area contributed by atoms with Crippen molar-refractivity contribution < 1.29 is 14.3 Å². The van der Waals surface area contributed by atoms with Crippen LogP contribution in [0, 0.1) is 5.41 Å². The highest BCUT2D eigenvalue weighted by Crippen LogP contribution is 2.30. The molecule has 0 aromatic heterocycles. The summed E-state index contributed by atoms with van der Waals surface area (Å²) >= 11 is 0. The van der Waals surface area contributed by atoms with E-state index in [0.29, 0.717) is 45.7 Å². The van der Waals surface area contributed by atoms with E-state index in [9.17, 15) is 9.59 Å². The molecule has 28 heavy (non-hydrogen) atoms. The van der Waals surface area contributed by atoms with E-state index in [4.69, 9.17) is 10.5 Å². The lowest BCUT2D eigenvalue weighted by Gasteiger charge is -2.38. The number of carbonyl (C=O) groups is 2. The molecular formula is C22H33N3O3. The average molecular weight is 388 g/mol. The normalized spacial score (nSPS) is 21.1. The molecule has 2 amide bonds. The molecule has 6 heteroatoms. The molecule has 2 heterocycles. The van der Waals surface area contributed by atoms with Gasteiger partial charge in [-0.25, -0.2) is 0 Å². The average Bonchev–Trinajstić information content (AvgIpc) is 2.76.